The van der Waals surface area contributed by atoms with Gasteiger partial charge in [0.15, 0.2) is 12.0 Å². The molecule has 5 heteroatoms. The second-order valence-electron chi connectivity index (χ2n) is 5.60. The maximum atomic E-state index is 12.1. The van der Waals surface area contributed by atoms with Crippen molar-refractivity contribution in [3.8, 4) is 0 Å². The van der Waals surface area contributed by atoms with Crippen molar-refractivity contribution in [3.05, 3.63) is 60.0 Å². The highest BCUT2D eigenvalue weighted by Gasteiger charge is 2.06. The molecule has 0 saturated carbocycles. The Hall–Kier alpha value is -2.82. The molecule has 1 amide bonds. The molecule has 0 saturated heterocycles. The van der Waals surface area contributed by atoms with E-state index in [4.69, 9.17) is 4.42 Å². The number of oxazole rings is 1. The number of aromatic nitrogens is 1. The van der Waals surface area contributed by atoms with Gasteiger partial charge in [-0.3, -0.25) is 4.79 Å². The minimum atomic E-state index is -0.0576. The van der Waals surface area contributed by atoms with Crippen LogP contribution in [-0.2, 0) is 6.42 Å². The minimum Gasteiger partial charge on any atom is -0.443 e. The van der Waals surface area contributed by atoms with Crippen LogP contribution in [0, 0.1) is 0 Å². The lowest BCUT2D eigenvalue weighted by Crippen LogP contribution is -2.25. The monoisotopic (exact) mass is 309 g/mol. The summed E-state index contributed by atoms with van der Waals surface area (Å²) >= 11 is 0. The summed E-state index contributed by atoms with van der Waals surface area (Å²) in [6, 6.07) is 13.4. The molecule has 0 bridgehead atoms. The Labute approximate surface area is 134 Å². The van der Waals surface area contributed by atoms with Crippen LogP contribution in [0.5, 0.6) is 0 Å². The first kappa shape index (κ1) is 15.1. The van der Waals surface area contributed by atoms with Crippen molar-refractivity contribution in [1.29, 1.82) is 0 Å². The summed E-state index contributed by atoms with van der Waals surface area (Å²) in [6.07, 6.45) is 2.19. The molecule has 0 unspecified atom stereocenters. The van der Waals surface area contributed by atoms with Crippen molar-refractivity contribution >= 4 is 22.7 Å². The van der Waals surface area contributed by atoms with Crippen LogP contribution in [0.3, 0.4) is 0 Å². The molecule has 2 aromatic carbocycles. The first-order valence-electron chi connectivity index (χ1n) is 7.51. The van der Waals surface area contributed by atoms with Gasteiger partial charge < -0.3 is 14.6 Å². The average Bonchev–Trinajstić information content (AvgIpc) is 3.02. The van der Waals surface area contributed by atoms with Crippen molar-refractivity contribution in [2.24, 2.45) is 0 Å². The molecule has 1 aromatic heterocycles. The smallest absolute Gasteiger partial charge is 0.251 e. The first-order valence-corrected chi connectivity index (χ1v) is 7.51. The van der Waals surface area contributed by atoms with Gasteiger partial charge in [0.2, 0.25) is 0 Å². The Morgan fingerprint density at radius 2 is 1.96 bits per heavy atom. The fourth-order valence-corrected chi connectivity index (χ4v) is 2.39. The molecule has 0 aliphatic rings. The number of nitrogens with one attached hydrogen (secondary N) is 1. The number of carbonyl (C=O) groups is 1. The molecular weight excluding hydrogens is 290 g/mol. The second kappa shape index (κ2) is 6.52. The number of benzene rings is 2. The molecule has 0 aliphatic carbocycles. The van der Waals surface area contributed by atoms with Crippen molar-refractivity contribution in [3.63, 3.8) is 0 Å². The van der Waals surface area contributed by atoms with Crippen molar-refractivity contribution in [2.45, 2.75) is 6.42 Å². The normalized spacial score (nSPS) is 10.7. The number of nitrogens with zero attached hydrogens (tertiary/aromatic N) is 2. The third kappa shape index (κ3) is 3.51. The molecule has 1 heterocycles. The number of fused-ring (bicyclic) bond motifs is 1. The third-order valence-corrected chi connectivity index (χ3v) is 3.74. The van der Waals surface area contributed by atoms with E-state index >= 15 is 0 Å². The maximum Gasteiger partial charge on any atom is 0.251 e. The lowest BCUT2D eigenvalue weighted by atomic mass is 10.1. The van der Waals surface area contributed by atoms with Crippen LogP contribution in [0.15, 0.2) is 53.3 Å². The summed E-state index contributed by atoms with van der Waals surface area (Å²) in [5, 5.41) is 2.94. The third-order valence-electron chi connectivity index (χ3n) is 3.74. The van der Waals surface area contributed by atoms with Crippen LogP contribution in [0.1, 0.15) is 15.9 Å². The van der Waals surface area contributed by atoms with Gasteiger partial charge in [0.25, 0.3) is 5.91 Å². The summed E-state index contributed by atoms with van der Waals surface area (Å²) in [5.74, 6) is -0.0576. The minimum absolute atomic E-state index is 0.0576. The Kier molecular flexibility index (Phi) is 4.28. The zero-order valence-corrected chi connectivity index (χ0v) is 13.2. The van der Waals surface area contributed by atoms with Crippen LogP contribution >= 0.6 is 0 Å². The largest absolute Gasteiger partial charge is 0.443 e. The van der Waals surface area contributed by atoms with Crippen LogP contribution in [0.25, 0.3) is 11.1 Å². The number of anilines is 1. The zero-order valence-electron chi connectivity index (χ0n) is 13.2. The molecule has 5 nitrogen and oxygen atoms in total. The molecular formula is C18H19N3O2. The Bertz CT molecular complexity index is 807. The molecule has 3 aromatic rings. The summed E-state index contributed by atoms with van der Waals surface area (Å²) in [5.41, 5.74) is 4.48. The van der Waals surface area contributed by atoms with E-state index in [1.54, 1.807) is 0 Å². The molecule has 23 heavy (non-hydrogen) atoms. The van der Waals surface area contributed by atoms with E-state index in [9.17, 15) is 4.79 Å². The predicted molar refractivity (Wildman–Crippen MR) is 90.8 cm³/mol. The van der Waals surface area contributed by atoms with E-state index < -0.39 is 0 Å². The highest BCUT2D eigenvalue weighted by atomic mass is 16.3. The number of hydrogen-bond donors (Lipinski definition) is 1. The van der Waals surface area contributed by atoms with E-state index in [1.807, 2.05) is 61.5 Å². The predicted octanol–water partition coefficient (Wildman–Crippen LogP) is 2.87. The van der Waals surface area contributed by atoms with Crippen molar-refractivity contribution in [2.75, 3.05) is 25.5 Å². The Balaban J connectivity index is 1.56. The number of amides is 1. The van der Waals surface area contributed by atoms with Crippen LogP contribution in [0.4, 0.5) is 5.69 Å². The fraction of sp³-hybridized carbons (Fsp3) is 0.222. The zero-order chi connectivity index (χ0) is 16.2. The lowest BCUT2D eigenvalue weighted by Gasteiger charge is -2.12. The van der Waals surface area contributed by atoms with Gasteiger partial charge >= 0.3 is 0 Å². The van der Waals surface area contributed by atoms with Crippen molar-refractivity contribution in [1.82, 2.24) is 10.3 Å². The molecule has 1 N–H and O–H groups in total. The van der Waals surface area contributed by atoms with Crippen LogP contribution < -0.4 is 10.2 Å². The van der Waals surface area contributed by atoms with Gasteiger partial charge in [-0.15, -0.1) is 0 Å². The maximum absolute atomic E-state index is 12.1. The standard InChI is InChI=1S/C18H19N3O2/c1-21(2)15-6-4-14(5-7-15)18(22)19-10-9-13-3-8-17-16(11-13)20-12-23-17/h3-8,11-12H,9-10H2,1-2H3,(H,19,22). The van der Waals surface area contributed by atoms with E-state index in [-0.39, 0.29) is 5.91 Å². The second-order valence-corrected chi connectivity index (χ2v) is 5.60. The van der Waals surface area contributed by atoms with Gasteiger partial charge in [0.05, 0.1) is 0 Å². The van der Waals surface area contributed by atoms with Crippen LogP contribution in [0.2, 0.25) is 0 Å². The number of rotatable bonds is 5. The number of carbonyl (C=O) groups excluding carboxylic acids is 1. The molecule has 0 fully saturated rings. The Morgan fingerprint density at radius 1 is 1.17 bits per heavy atom. The summed E-state index contributed by atoms with van der Waals surface area (Å²) < 4.78 is 5.22. The van der Waals surface area contributed by atoms with Crippen LogP contribution in [-0.4, -0.2) is 31.5 Å². The Morgan fingerprint density at radius 3 is 2.70 bits per heavy atom. The summed E-state index contributed by atoms with van der Waals surface area (Å²) in [6.45, 7) is 0.581. The molecule has 0 spiro atoms. The lowest BCUT2D eigenvalue weighted by molar-refractivity contribution is 0.0954. The van der Waals surface area contributed by atoms with Crippen molar-refractivity contribution < 1.29 is 9.21 Å². The highest BCUT2D eigenvalue weighted by molar-refractivity contribution is 5.94. The van der Waals surface area contributed by atoms with Gasteiger partial charge in [0.1, 0.15) is 5.52 Å². The van der Waals surface area contributed by atoms with E-state index in [2.05, 4.69) is 10.3 Å². The SMILES string of the molecule is CN(C)c1ccc(C(=O)NCCc2ccc3ocnc3c2)cc1. The van der Waals surface area contributed by atoms with Gasteiger partial charge in [-0.05, 0) is 48.4 Å². The average molecular weight is 309 g/mol. The summed E-state index contributed by atoms with van der Waals surface area (Å²) in [7, 11) is 3.95. The number of hydrogen-bond acceptors (Lipinski definition) is 4. The van der Waals surface area contributed by atoms with Gasteiger partial charge in [-0.2, -0.15) is 0 Å². The first-order chi connectivity index (χ1) is 11.1. The molecule has 118 valence electrons. The van der Waals surface area contributed by atoms with Gasteiger partial charge in [-0.25, -0.2) is 4.98 Å². The topological polar surface area (TPSA) is 58.4 Å². The van der Waals surface area contributed by atoms with E-state index in [0.717, 1.165) is 28.8 Å². The highest BCUT2D eigenvalue weighted by Crippen LogP contribution is 2.14. The van der Waals surface area contributed by atoms with E-state index in [0.29, 0.717) is 12.1 Å². The molecule has 0 radical (unpaired) electrons. The van der Waals surface area contributed by atoms with E-state index in [1.165, 1.54) is 6.39 Å². The quantitative estimate of drug-likeness (QED) is 0.787. The molecule has 0 atom stereocenters. The summed E-state index contributed by atoms with van der Waals surface area (Å²) in [4.78, 5) is 18.3. The van der Waals surface area contributed by atoms with Gasteiger partial charge in [0, 0.05) is 31.9 Å². The molecule has 0 aliphatic heterocycles. The van der Waals surface area contributed by atoms with Gasteiger partial charge in [-0.1, -0.05) is 6.07 Å². The fourth-order valence-electron chi connectivity index (χ4n) is 2.39. The molecule has 3 rings (SSSR count).